The van der Waals surface area contributed by atoms with Gasteiger partial charge in [0, 0.05) is 42.8 Å². The van der Waals surface area contributed by atoms with Crippen LogP contribution in [-0.4, -0.2) is 50.4 Å². The number of piperazine rings is 1. The highest BCUT2D eigenvalue weighted by Crippen LogP contribution is 2.33. The smallest absolute Gasteiger partial charge is 0.270 e. The zero-order valence-electron chi connectivity index (χ0n) is 18.0. The van der Waals surface area contributed by atoms with Crippen LogP contribution in [0.2, 0.25) is 0 Å². The van der Waals surface area contributed by atoms with E-state index in [-0.39, 0.29) is 5.56 Å². The van der Waals surface area contributed by atoms with E-state index in [9.17, 15) is 4.79 Å². The molecule has 5 rings (SSSR count). The van der Waals surface area contributed by atoms with E-state index in [0.29, 0.717) is 10.6 Å². The van der Waals surface area contributed by atoms with Crippen LogP contribution in [-0.2, 0) is 0 Å². The zero-order valence-corrected chi connectivity index (χ0v) is 18.8. The third-order valence-corrected chi connectivity index (χ3v) is 6.80. The number of anilines is 2. The summed E-state index contributed by atoms with van der Waals surface area (Å²) >= 11 is 1.43. The van der Waals surface area contributed by atoms with E-state index in [4.69, 9.17) is 14.5 Å². The lowest BCUT2D eigenvalue weighted by Gasteiger charge is -2.36. The Labute approximate surface area is 189 Å². The molecule has 0 radical (unpaired) electrons. The van der Waals surface area contributed by atoms with Gasteiger partial charge >= 0.3 is 0 Å². The van der Waals surface area contributed by atoms with E-state index in [1.807, 2.05) is 41.8 Å². The van der Waals surface area contributed by atoms with Crippen molar-refractivity contribution in [2.75, 3.05) is 50.2 Å². The van der Waals surface area contributed by atoms with Crippen LogP contribution >= 0.6 is 11.3 Å². The van der Waals surface area contributed by atoms with Gasteiger partial charge < -0.3 is 19.3 Å². The molecule has 32 heavy (non-hydrogen) atoms. The molecule has 1 N–H and O–H groups in total. The Kier molecular flexibility index (Phi) is 5.45. The van der Waals surface area contributed by atoms with Crippen LogP contribution in [0.4, 0.5) is 11.6 Å². The molecule has 1 saturated heterocycles. The Bertz CT molecular complexity index is 1270. The average molecular weight is 449 g/mol. The fourth-order valence-corrected chi connectivity index (χ4v) is 4.92. The van der Waals surface area contributed by atoms with Crippen LogP contribution < -0.4 is 24.8 Å². The molecule has 0 atom stereocenters. The summed E-state index contributed by atoms with van der Waals surface area (Å²) in [6, 6.07) is 15.9. The largest absolute Gasteiger partial charge is 0.497 e. The van der Waals surface area contributed by atoms with Crippen LogP contribution in [0.25, 0.3) is 21.3 Å². The van der Waals surface area contributed by atoms with Crippen LogP contribution in [0.3, 0.4) is 0 Å². The van der Waals surface area contributed by atoms with Crippen molar-refractivity contribution in [2.24, 2.45) is 0 Å². The molecule has 1 fully saturated rings. The first-order valence-corrected chi connectivity index (χ1v) is 11.3. The standard InChI is InChI=1S/C24H24N4O3S/c1-30-18-7-3-16(4-8-18)20-15-32-22-21(20)25-24(26-23(22)29)28-13-11-27(12-14-28)17-5-9-19(31-2)10-6-17/h3-10,15H,11-14H2,1-2H3,(H,25,26,29). The van der Waals surface area contributed by atoms with Gasteiger partial charge in [0.25, 0.3) is 5.56 Å². The topological polar surface area (TPSA) is 70.7 Å². The molecule has 0 spiro atoms. The van der Waals surface area contributed by atoms with E-state index in [1.165, 1.54) is 17.0 Å². The number of aromatic amines is 1. The highest BCUT2D eigenvalue weighted by atomic mass is 32.1. The minimum absolute atomic E-state index is 0.0904. The average Bonchev–Trinajstić information content (AvgIpc) is 3.29. The first-order chi connectivity index (χ1) is 15.7. The maximum Gasteiger partial charge on any atom is 0.270 e. The number of hydrogen-bond acceptors (Lipinski definition) is 7. The lowest BCUT2D eigenvalue weighted by atomic mass is 10.1. The van der Waals surface area contributed by atoms with Gasteiger partial charge in [-0.25, -0.2) is 4.98 Å². The minimum Gasteiger partial charge on any atom is -0.497 e. The third-order valence-electron chi connectivity index (χ3n) is 5.83. The molecule has 4 aromatic rings. The van der Waals surface area contributed by atoms with Crippen LogP contribution in [0, 0.1) is 0 Å². The van der Waals surface area contributed by atoms with E-state index in [2.05, 4.69) is 26.9 Å². The first kappa shape index (κ1) is 20.4. The summed E-state index contributed by atoms with van der Waals surface area (Å²) in [5.41, 5.74) is 3.81. The summed E-state index contributed by atoms with van der Waals surface area (Å²) in [6.07, 6.45) is 0. The molecule has 164 valence electrons. The van der Waals surface area contributed by atoms with E-state index in [0.717, 1.165) is 54.3 Å². The van der Waals surface area contributed by atoms with Crippen molar-refractivity contribution < 1.29 is 9.47 Å². The second-order valence-corrected chi connectivity index (χ2v) is 8.50. The van der Waals surface area contributed by atoms with Gasteiger partial charge in [0.05, 0.1) is 19.7 Å². The third kappa shape index (κ3) is 3.78. The number of fused-ring (bicyclic) bond motifs is 1. The molecule has 0 amide bonds. The Balaban J connectivity index is 1.39. The lowest BCUT2D eigenvalue weighted by Crippen LogP contribution is -2.47. The first-order valence-electron chi connectivity index (χ1n) is 10.5. The second-order valence-electron chi connectivity index (χ2n) is 7.62. The number of methoxy groups -OCH3 is 2. The molecule has 0 saturated carbocycles. The Hall–Kier alpha value is -3.52. The van der Waals surface area contributed by atoms with E-state index < -0.39 is 0 Å². The van der Waals surface area contributed by atoms with Crippen molar-refractivity contribution in [3.05, 3.63) is 64.3 Å². The van der Waals surface area contributed by atoms with Crippen molar-refractivity contribution in [2.45, 2.75) is 0 Å². The van der Waals surface area contributed by atoms with Gasteiger partial charge in [0.1, 0.15) is 16.2 Å². The Morgan fingerprint density at radius 1 is 0.875 bits per heavy atom. The predicted octanol–water partition coefficient (Wildman–Crippen LogP) is 4.00. The molecule has 7 nitrogen and oxygen atoms in total. The lowest BCUT2D eigenvalue weighted by molar-refractivity contribution is 0.414. The van der Waals surface area contributed by atoms with Crippen molar-refractivity contribution >= 4 is 33.2 Å². The quantitative estimate of drug-likeness (QED) is 0.498. The number of aromatic nitrogens is 2. The molecule has 0 aliphatic carbocycles. The molecular formula is C24H24N4O3S. The molecule has 2 aromatic heterocycles. The van der Waals surface area contributed by atoms with Gasteiger partial charge in [-0.15, -0.1) is 11.3 Å². The number of benzene rings is 2. The summed E-state index contributed by atoms with van der Waals surface area (Å²) in [6.45, 7) is 3.26. The Morgan fingerprint density at radius 3 is 2.09 bits per heavy atom. The fraction of sp³-hybridized carbons (Fsp3) is 0.250. The number of ether oxygens (including phenoxy) is 2. The molecule has 0 bridgehead atoms. The summed E-state index contributed by atoms with van der Waals surface area (Å²) < 4.78 is 11.2. The van der Waals surface area contributed by atoms with Crippen molar-refractivity contribution in [3.8, 4) is 22.6 Å². The van der Waals surface area contributed by atoms with Crippen molar-refractivity contribution in [3.63, 3.8) is 0 Å². The van der Waals surface area contributed by atoms with Crippen molar-refractivity contribution in [1.82, 2.24) is 9.97 Å². The number of H-pyrrole nitrogens is 1. The summed E-state index contributed by atoms with van der Waals surface area (Å²) in [5, 5.41) is 2.00. The summed E-state index contributed by atoms with van der Waals surface area (Å²) in [5.74, 6) is 2.28. The predicted molar refractivity (Wildman–Crippen MR) is 130 cm³/mol. The molecule has 0 unspecified atom stereocenters. The summed E-state index contributed by atoms with van der Waals surface area (Å²) in [7, 11) is 3.32. The van der Waals surface area contributed by atoms with Crippen molar-refractivity contribution in [1.29, 1.82) is 0 Å². The number of nitrogens with zero attached hydrogens (tertiary/aromatic N) is 3. The number of rotatable bonds is 5. The minimum atomic E-state index is -0.0904. The van der Waals surface area contributed by atoms with Gasteiger partial charge in [0.15, 0.2) is 0 Å². The molecule has 8 heteroatoms. The van der Waals surface area contributed by atoms with E-state index >= 15 is 0 Å². The fourth-order valence-electron chi connectivity index (χ4n) is 4.01. The highest BCUT2D eigenvalue weighted by molar-refractivity contribution is 7.17. The van der Waals surface area contributed by atoms with Gasteiger partial charge in [-0.05, 0) is 42.0 Å². The van der Waals surface area contributed by atoms with Gasteiger partial charge in [-0.2, -0.15) is 0 Å². The van der Waals surface area contributed by atoms with E-state index in [1.54, 1.807) is 14.2 Å². The van der Waals surface area contributed by atoms with Crippen LogP contribution in [0.15, 0.2) is 58.7 Å². The maximum atomic E-state index is 12.8. The van der Waals surface area contributed by atoms with Gasteiger partial charge in [0.2, 0.25) is 5.95 Å². The monoisotopic (exact) mass is 448 g/mol. The molecule has 2 aromatic carbocycles. The normalized spacial score (nSPS) is 14.1. The number of hydrogen-bond donors (Lipinski definition) is 1. The van der Waals surface area contributed by atoms with Crippen LogP contribution in [0.1, 0.15) is 0 Å². The highest BCUT2D eigenvalue weighted by Gasteiger charge is 2.21. The molecular weight excluding hydrogens is 424 g/mol. The Morgan fingerprint density at radius 2 is 1.47 bits per heavy atom. The maximum absolute atomic E-state index is 12.8. The molecule has 1 aliphatic rings. The number of nitrogens with one attached hydrogen (secondary N) is 1. The van der Waals surface area contributed by atoms with Gasteiger partial charge in [-0.3, -0.25) is 9.78 Å². The SMILES string of the molecule is COc1ccc(-c2csc3c(=O)[nH]c(N4CCN(c5ccc(OC)cc5)CC4)nc23)cc1. The second kappa shape index (κ2) is 8.55. The number of thiophene rings is 1. The van der Waals surface area contributed by atoms with Crippen LogP contribution in [0.5, 0.6) is 11.5 Å². The zero-order chi connectivity index (χ0) is 22.1. The molecule has 3 heterocycles. The molecule has 1 aliphatic heterocycles. The van der Waals surface area contributed by atoms with Gasteiger partial charge in [-0.1, -0.05) is 12.1 Å². The summed E-state index contributed by atoms with van der Waals surface area (Å²) in [4.78, 5) is 25.1.